The molecular formula is C13H26N2. The van der Waals surface area contributed by atoms with Crippen LogP contribution in [-0.2, 0) is 0 Å². The minimum Gasteiger partial charge on any atom is -0.327 e. The van der Waals surface area contributed by atoms with Crippen LogP contribution in [0, 0.1) is 11.8 Å². The van der Waals surface area contributed by atoms with Gasteiger partial charge >= 0.3 is 0 Å². The van der Waals surface area contributed by atoms with Gasteiger partial charge in [-0.1, -0.05) is 19.3 Å². The van der Waals surface area contributed by atoms with Crippen LogP contribution in [0.15, 0.2) is 0 Å². The summed E-state index contributed by atoms with van der Waals surface area (Å²) in [5, 5.41) is 0. The fraction of sp³-hybridized carbons (Fsp3) is 1.00. The first-order valence-electron chi connectivity index (χ1n) is 6.71. The zero-order valence-corrected chi connectivity index (χ0v) is 10.1. The predicted molar refractivity (Wildman–Crippen MR) is 64.8 cm³/mol. The predicted octanol–water partition coefficient (Wildman–Crippen LogP) is 2.24. The van der Waals surface area contributed by atoms with Gasteiger partial charge in [-0.3, -0.25) is 0 Å². The van der Waals surface area contributed by atoms with Crippen molar-refractivity contribution in [3.8, 4) is 0 Å². The van der Waals surface area contributed by atoms with Crippen LogP contribution in [0.3, 0.4) is 0 Å². The second-order valence-electron chi connectivity index (χ2n) is 5.64. The molecule has 2 N–H and O–H groups in total. The van der Waals surface area contributed by atoms with E-state index < -0.39 is 0 Å². The molecule has 1 aliphatic heterocycles. The molecule has 0 amide bonds. The van der Waals surface area contributed by atoms with Crippen LogP contribution in [0.1, 0.15) is 44.9 Å². The van der Waals surface area contributed by atoms with Gasteiger partial charge < -0.3 is 10.6 Å². The Balaban J connectivity index is 1.89. The van der Waals surface area contributed by atoms with E-state index in [0.717, 1.165) is 11.8 Å². The van der Waals surface area contributed by atoms with Crippen molar-refractivity contribution in [2.24, 2.45) is 17.6 Å². The molecule has 0 aromatic rings. The van der Waals surface area contributed by atoms with Gasteiger partial charge in [0.15, 0.2) is 0 Å². The van der Waals surface area contributed by atoms with E-state index in [0.29, 0.717) is 6.04 Å². The second kappa shape index (κ2) is 5.31. The lowest BCUT2D eigenvalue weighted by Gasteiger charge is -2.29. The van der Waals surface area contributed by atoms with Crippen LogP contribution in [0.25, 0.3) is 0 Å². The van der Waals surface area contributed by atoms with Crippen LogP contribution in [0.2, 0.25) is 0 Å². The monoisotopic (exact) mass is 210 g/mol. The summed E-state index contributed by atoms with van der Waals surface area (Å²) in [7, 11) is 2.25. The Morgan fingerprint density at radius 1 is 1.00 bits per heavy atom. The van der Waals surface area contributed by atoms with Crippen LogP contribution in [0.5, 0.6) is 0 Å². The smallest absolute Gasteiger partial charge is 0.0108 e. The molecule has 1 aliphatic carbocycles. The zero-order chi connectivity index (χ0) is 10.7. The summed E-state index contributed by atoms with van der Waals surface area (Å²) in [5.41, 5.74) is 6.46. The van der Waals surface area contributed by atoms with Crippen molar-refractivity contribution in [1.29, 1.82) is 0 Å². The fourth-order valence-electron chi connectivity index (χ4n) is 3.41. The van der Waals surface area contributed by atoms with Crippen LogP contribution >= 0.6 is 0 Å². The van der Waals surface area contributed by atoms with Crippen LogP contribution in [-0.4, -0.2) is 31.1 Å². The zero-order valence-electron chi connectivity index (χ0n) is 10.1. The minimum absolute atomic E-state index is 0.480. The van der Waals surface area contributed by atoms with E-state index in [2.05, 4.69) is 11.9 Å². The highest BCUT2D eigenvalue weighted by Crippen LogP contribution is 2.32. The normalized spacial score (nSPS) is 32.8. The summed E-state index contributed by atoms with van der Waals surface area (Å²) in [6.07, 6.45) is 9.73. The number of nitrogens with two attached hydrogens (primary N) is 1. The molecule has 0 radical (unpaired) electrons. The number of hydrogen-bond donors (Lipinski definition) is 1. The highest BCUT2D eigenvalue weighted by atomic mass is 15.1. The highest BCUT2D eigenvalue weighted by Gasteiger charge is 2.29. The third-order valence-electron chi connectivity index (χ3n) is 4.40. The van der Waals surface area contributed by atoms with E-state index in [1.54, 1.807) is 0 Å². The molecule has 0 bridgehead atoms. The van der Waals surface area contributed by atoms with Crippen molar-refractivity contribution >= 4 is 0 Å². The molecule has 2 atom stereocenters. The minimum atomic E-state index is 0.480. The largest absolute Gasteiger partial charge is 0.327 e. The molecule has 1 saturated carbocycles. The van der Waals surface area contributed by atoms with Crippen molar-refractivity contribution in [2.75, 3.05) is 20.1 Å². The first-order chi connectivity index (χ1) is 7.27. The highest BCUT2D eigenvalue weighted by molar-refractivity contribution is 4.85. The molecule has 0 aromatic heterocycles. The number of rotatable bonds is 2. The van der Waals surface area contributed by atoms with Gasteiger partial charge in [0, 0.05) is 12.6 Å². The summed E-state index contributed by atoms with van der Waals surface area (Å²) in [4.78, 5) is 2.48. The molecule has 2 rings (SSSR count). The molecule has 2 heteroatoms. The molecule has 0 spiro atoms. The van der Waals surface area contributed by atoms with E-state index in [1.807, 2.05) is 0 Å². The van der Waals surface area contributed by atoms with Crippen molar-refractivity contribution in [1.82, 2.24) is 4.90 Å². The van der Waals surface area contributed by atoms with Gasteiger partial charge in [-0.2, -0.15) is 0 Å². The first kappa shape index (κ1) is 11.4. The standard InChI is InChI=1S/C13H26N2/c1-15-9-5-4-8-12(10-15)13(14)11-6-2-3-7-11/h11-13H,2-10,14H2,1H3. The molecular weight excluding hydrogens is 184 g/mol. The van der Waals surface area contributed by atoms with E-state index in [-0.39, 0.29) is 0 Å². The van der Waals surface area contributed by atoms with E-state index in [9.17, 15) is 0 Å². The molecule has 2 aliphatic rings. The maximum atomic E-state index is 6.46. The van der Waals surface area contributed by atoms with Crippen molar-refractivity contribution in [2.45, 2.75) is 51.0 Å². The van der Waals surface area contributed by atoms with Gasteiger partial charge in [0.05, 0.1) is 0 Å². The molecule has 15 heavy (non-hydrogen) atoms. The van der Waals surface area contributed by atoms with Crippen LogP contribution < -0.4 is 5.73 Å². The molecule has 88 valence electrons. The van der Waals surface area contributed by atoms with E-state index in [4.69, 9.17) is 5.73 Å². The van der Waals surface area contributed by atoms with Gasteiger partial charge in [0.2, 0.25) is 0 Å². The summed E-state index contributed by atoms with van der Waals surface area (Å²) in [6, 6.07) is 0.480. The lowest BCUT2D eigenvalue weighted by molar-refractivity contribution is 0.233. The lowest BCUT2D eigenvalue weighted by Crippen LogP contribution is -2.41. The quantitative estimate of drug-likeness (QED) is 0.757. The van der Waals surface area contributed by atoms with Gasteiger partial charge in [-0.05, 0) is 51.1 Å². The topological polar surface area (TPSA) is 29.3 Å². The van der Waals surface area contributed by atoms with Gasteiger partial charge in [0.25, 0.3) is 0 Å². The Bertz CT molecular complexity index is 187. The SMILES string of the molecule is CN1CCCCC(C(N)C2CCCC2)C1. The van der Waals surface area contributed by atoms with Crippen LogP contribution in [0.4, 0.5) is 0 Å². The third kappa shape index (κ3) is 2.94. The Kier molecular flexibility index (Phi) is 4.04. The summed E-state index contributed by atoms with van der Waals surface area (Å²) >= 11 is 0. The van der Waals surface area contributed by atoms with Gasteiger partial charge in [-0.15, -0.1) is 0 Å². The molecule has 2 unspecified atom stereocenters. The molecule has 2 nitrogen and oxygen atoms in total. The fourth-order valence-corrected chi connectivity index (χ4v) is 3.41. The second-order valence-corrected chi connectivity index (χ2v) is 5.64. The maximum absolute atomic E-state index is 6.46. The van der Waals surface area contributed by atoms with Crippen molar-refractivity contribution < 1.29 is 0 Å². The summed E-state index contributed by atoms with van der Waals surface area (Å²) in [5.74, 6) is 1.60. The Morgan fingerprint density at radius 2 is 1.60 bits per heavy atom. The van der Waals surface area contributed by atoms with Gasteiger partial charge in [-0.25, -0.2) is 0 Å². The average Bonchev–Trinajstić information content (AvgIpc) is 2.67. The number of nitrogens with zero attached hydrogens (tertiary/aromatic N) is 1. The number of hydrogen-bond acceptors (Lipinski definition) is 2. The third-order valence-corrected chi connectivity index (χ3v) is 4.40. The van der Waals surface area contributed by atoms with Crippen molar-refractivity contribution in [3.63, 3.8) is 0 Å². The molecule has 2 fully saturated rings. The Morgan fingerprint density at radius 3 is 2.33 bits per heavy atom. The Hall–Kier alpha value is -0.0800. The Labute approximate surface area is 94.2 Å². The summed E-state index contributed by atoms with van der Waals surface area (Å²) in [6.45, 7) is 2.51. The molecule has 1 saturated heterocycles. The maximum Gasteiger partial charge on any atom is 0.0108 e. The average molecular weight is 210 g/mol. The van der Waals surface area contributed by atoms with E-state index in [1.165, 1.54) is 58.0 Å². The molecule has 1 heterocycles. The summed E-state index contributed by atoms with van der Waals surface area (Å²) < 4.78 is 0. The first-order valence-corrected chi connectivity index (χ1v) is 6.71. The van der Waals surface area contributed by atoms with E-state index >= 15 is 0 Å². The van der Waals surface area contributed by atoms with Gasteiger partial charge in [0.1, 0.15) is 0 Å². The van der Waals surface area contributed by atoms with Crippen molar-refractivity contribution in [3.05, 3.63) is 0 Å². The molecule has 0 aromatic carbocycles. The lowest BCUT2D eigenvalue weighted by atomic mass is 9.85. The number of likely N-dealkylation sites (tertiary alicyclic amines) is 1.